The fraction of sp³-hybridized carbons (Fsp3) is 0.421. The Morgan fingerprint density at radius 2 is 2.04 bits per heavy atom. The monoisotopic (exact) mass is 343 g/mol. The molecule has 1 spiro atoms. The number of rotatable bonds is 1. The Morgan fingerprint density at radius 3 is 2.75 bits per heavy atom. The van der Waals surface area contributed by atoms with Gasteiger partial charge in [-0.25, -0.2) is 8.51 Å². The number of ketones is 1. The molecule has 0 N–H and O–H groups in total. The number of nitrogens with zero attached hydrogens (tertiary/aromatic N) is 1. The molecule has 3 aliphatic rings. The average Bonchev–Trinajstić information content (AvgIpc) is 2.98. The van der Waals surface area contributed by atoms with Crippen molar-refractivity contribution in [1.29, 1.82) is 0 Å². The maximum absolute atomic E-state index is 13.2. The molecule has 1 unspecified atom stereocenters. The molecule has 126 valence electrons. The van der Waals surface area contributed by atoms with Crippen molar-refractivity contribution in [2.75, 3.05) is 13.2 Å². The van der Waals surface area contributed by atoms with Gasteiger partial charge in [0, 0.05) is 17.7 Å². The van der Waals surface area contributed by atoms with Gasteiger partial charge >= 0.3 is 0 Å². The second kappa shape index (κ2) is 4.90. The van der Waals surface area contributed by atoms with E-state index in [-0.39, 0.29) is 16.6 Å². The molecule has 1 aromatic carbocycles. The quantitative estimate of drug-likeness (QED) is 0.737. The van der Waals surface area contributed by atoms with Gasteiger partial charge in [-0.05, 0) is 38.5 Å². The summed E-state index contributed by atoms with van der Waals surface area (Å²) in [6, 6.07) is 7.66. The van der Waals surface area contributed by atoms with Gasteiger partial charge in [0.25, 0.3) is 0 Å². The molecule has 0 aromatic heterocycles. The van der Waals surface area contributed by atoms with Gasteiger partial charge in [-0.15, -0.1) is 0 Å². The molecule has 2 heterocycles. The van der Waals surface area contributed by atoms with Crippen LogP contribution in [0.15, 0.2) is 48.1 Å². The molecule has 1 aromatic rings. The Kier molecular flexibility index (Phi) is 3.22. The molecular formula is C19H21NO3S. The van der Waals surface area contributed by atoms with Gasteiger partial charge in [0.05, 0.1) is 16.2 Å². The first-order chi connectivity index (χ1) is 11.3. The molecule has 0 radical (unpaired) electrons. The van der Waals surface area contributed by atoms with Gasteiger partial charge in [0.15, 0.2) is 5.78 Å². The van der Waals surface area contributed by atoms with Crippen molar-refractivity contribution in [3.05, 3.63) is 53.6 Å². The van der Waals surface area contributed by atoms with Crippen LogP contribution in [0.4, 0.5) is 0 Å². The van der Waals surface area contributed by atoms with Crippen LogP contribution in [-0.2, 0) is 15.8 Å². The molecule has 4 rings (SSSR count). The van der Waals surface area contributed by atoms with E-state index >= 15 is 0 Å². The molecule has 0 bridgehead atoms. The lowest BCUT2D eigenvalue weighted by Crippen LogP contribution is -2.44. The molecule has 1 fully saturated rings. The highest BCUT2D eigenvalue weighted by molar-refractivity contribution is 7.84. The summed E-state index contributed by atoms with van der Waals surface area (Å²) in [5.74, 6) is 0.775. The highest BCUT2D eigenvalue weighted by atomic mass is 32.2. The van der Waals surface area contributed by atoms with E-state index in [0.717, 1.165) is 16.9 Å². The number of hydrogen-bond acceptors (Lipinski definition) is 3. The summed E-state index contributed by atoms with van der Waals surface area (Å²) >= 11 is 0. The van der Waals surface area contributed by atoms with Crippen LogP contribution < -0.4 is 4.74 Å². The van der Waals surface area contributed by atoms with Crippen molar-refractivity contribution in [3.63, 3.8) is 0 Å². The first-order valence-corrected chi connectivity index (χ1v) is 9.22. The number of carbonyl (C=O) groups excluding carboxylic acids is 1. The Balaban J connectivity index is 1.93. The summed E-state index contributed by atoms with van der Waals surface area (Å²) in [4.78, 5) is 12.3. The van der Waals surface area contributed by atoms with Crippen LogP contribution in [-0.4, -0.2) is 32.2 Å². The second-order valence-corrected chi connectivity index (χ2v) is 9.84. The van der Waals surface area contributed by atoms with E-state index in [0.29, 0.717) is 18.7 Å². The van der Waals surface area contributed by atoms with E-state index < -0.39 is 16.4 Å². The van der Waals surface area contributed by atoms with E-state index in [1.165, 1.54) is 0 Å². The Labute approximate surface area is 144 Å². The normalized spacial score (nSPS) is 30.3. The fourth-order valence-electron chi connectivity index (χ4n) is 4.04. The summed E-state index contributed by atoms with van der Waals surface area (Å²) < 4.78 is 20.8. The molecule has 4 nitrogen and oxygen atoms in total. The molecular weight excluding hydrogens is 322 g/mol. The van der Waals surface area contributed by atoms with Gasteiger partial charge < -0.3 is 4.74 Å². The van der Waals surface area contributed by atoms with Crippen LogP contribution in [0.5, 0.6) is 5.75 Å². The van der Waals surface area contributed by atoms with E-state index in [9.17, 15) is 9.00 Å². The number of carbonyl (C=O) groups is 1. The lowest BCUT2D eigenvalue weighted by Gasteiger charge is -2.42. The van der Waals surface area contributed by atoms with Crippen LogP contribution in [0, 0.1) is 5.41 Å². The predicted octanol–water partition coefficient (Wildman–Crippen LogP) is 2.95. The fourth-order valence-corrected chi connectivity index (χ4v) is 5.48. The van der Waals surface area contributed by atoms with Gasteiger partial charge in [0.1, 0.15) is 23.3 Å². The number of allylic oxidation sites excluding steroid dienone is 1. The third-order valence-corrected chi connectivity index (χ3v) is 7.01. The molecule has 1 saturated heterocycles. The van der Waals surface area contributed by atoms with E-state index in [2.05, 4.69) is 6.58 Å². The zero-order valence-electron chi connectivity index (χ0n) is 14.2. The predicted molar refractivity (Wildman–Crippen MR) is 93.9 cm³/mol. The molecule has 1 aliphatic carbocycles. The largest absolute Gasteiger partial charge is 0.492 e. The van der Waals surface area contributed by atoms with Crippen molar-refractivity contribution < 1.29 is 13.7 Å². The number of hydrogen-bond donors (Lipinski definition) is 0. The van der Waals surface area contributed by atoms with Crippen LogP contribution in [0.25, 0.3) is 0 Å². The lowest BCUT2D eigenvalue weighted by atomic mass is 9.71. The van der Waals surface area contributed by atoms with Crippen LogP contribution in [0.2, 0.25) is 0 Å². The topological polar surface area (TPSA) is 46.6 Å². The number of ether oxygens (including phenoxy) is 1. The Bertz CT molecular complexity index is 820. The first-order valence-electron chi connectivity index (χ1n) is 8.12. The van der Waals surface area contributed by atoms with Crippen LogP contribution in [0.1, 0.15) is 32.4 Å². The van der Waals surface area contributed by atoms with Crippen molar-refractivity contribution in [2.24, 2.45) is 5.41 Å². The Hall–Kier alpha value is -1.72. The molecule has 24 heavy (non-hydrogen) atoms. The summed E-state index contributed by atoms with van der Waals surface area (Å²) in [5.41, 5.74) is 1.95. The maximum atomic E-state index is 13.2. The lowest BCUT2D eigenvalue weighted by molar-refractivity contribution is -0.111. The van der Waals surface area contributed by atoms with Crippen molar-refractivity contribution in [1.82, 2.24) is 4.31 Å². The Morgan fingerprint density at radius 1 is 1.33 bits per heavy atom. The number of fused-ring (bicyclic) bond motifs is 2. The zero-order valence-corrected chi connectivity index (χ0v) is 15.0. The van der Waals surface area contributed by atoms with E-state index in [1.54, 1.807) is 6.08 Å². The first kappa shape index (κ1) is 15.8. The third-order valence-electron chi connectivity index (χ3n) is 5.20. The molecule has 5 heteroatoms. The highest BCUT2D eigenvalue weighted by Crippen LogP contribution is 2.61. The molecule has 0 amide bonds. The standard InChI is InChI=1S/C19H21NO3S/c1-12-15(21)9-13-10-20(24(22)18(2,3)4)17-14-7-5-6-8-16(14)23-11-19(12,13)17/h5-9,17H,1,10-11H2,2-4H3/t17-,19+,24?/m1/s1. The number of para-hydroxylation sites is 1. The molecule has 0 saturated carbocycles. The maximum Gasteiger partial charge on any atom is 0.182 e. The minimum Gasteiger partial charge on any atom is -0.492 e. The van der Waals surface area contributed by atoms with Gasteiger partial charge in [-0.2, -0.15) is 0 Å². The second-order valence-electron chi connectivity index (χ2n) is 7.65. The SMILES string of the molecule is C=C1C(=O)C=C2CN(S(=O)C(C)(C)C)[C@@H]3c4ccccc4OC[C@]123. The van der Waals surface area contributed by atoms with E-state index in [4.69, 9.17) is 4.74 Å². The summed E-state index contributed by atoms with van der Waals surface area (Å²) in [6.07, 6.45) is 1.67. The van der Waals surface area contributed by atoms with Gasteiger partial charge in [-0.1, -0.05) is 24.8 Å². The van der Waals surface area contributed by atoms with Crippen molar-refractivity contribution in [2.45, 2.75) is 31.6 Å². The van der Waals surface area contributed by atoms with Crippen LogP contribution in [0.3, 0.4) is 0 Å². The molecule has 3 atom stereocenters. The smallest absolute Gasteiger partial charge is 0.182 e. The summed E-state index contributed by atoms with van der Waals surface area (Å²) in [6.45, 7) is 10.9. The van der Waals surface area contributed by atoms with Gasteiger partial charge in [-0.3, -0.25) is 4.79 Å². The van der Waals surface area contributed by atoms with E-state index in [1.807, 2.05) is 49.3 Å². The van der Waals surface area contributed by atoms with Crippen molar-refractivity contribution >= 4 is 16.8 Å². The van der Waals surface area contributed by atoms with Crippen molar-refractivity contribution in [3.8, 4) is 5.75 Å². The average molecular weight is 343 g/mol. The number of benzene rings is 1. The molecule has 2 aliphatic heterocycles. The third kappa shape index (κ3) is 1.88. The highest BCUT2D eigenvalue weighted by Gasteiger charge is 2.62. The minimum atomic E-state index is -1.19. The van der Waals surface area contributed by atoms with Gasteiger partial charge in [0.2, 0.25) is 0 Å². The van der Waals surface area contributed by atoms with Crippen LogP contribution >= 0.6 is 0 Å². The minimum absolute atomic E-state index is 0.0285. The zero-order chi connectivity index (χ0) is 17.3. The summed E-state index contributed by atoms with van der Waals surface area (Å²) in [5, 5.41) is 0. The summed E-state index contributed by atoms with van der Waals surface area (Å²) in [7, 11) is -1.19.